The van der Waals surface area contributed by atoms with Gasteiger partial charge in [0.05, 0.1) is 17.1 Å². The molecule has 0 aliphatic carbocycles. The van der Waals surface area contributed by atoms with Gasteiger partial charge in [-0.1, -0.05) is 42.5 Å². The number of hydrogen-bond donors (Lipinski definition) is 1. The van der Waals surface area contributed by atoms with Gasteiger partial charge in [-0.05, 0) is 36.2 Å². The number of aromatic nitrogens is 2. The summed E-state index contributed by atoms with van der Waals surface area (Å²) < 4.78 is 33.5. The van der Waals surface area contributed by atoms with E-state index in [-0.39, 0.29) is 24.0 Å². The molecule has 1 atom stereocenters. The van der Waals surface area contributed by atoms with Crippen molar-refractivity contribution < 1.29 is 17.9 Å². The van der Waals surface area contributed by atoms with E-state index in [2.05, 4.69) is 21.3 Å². The second kappa shape index (κ2) is 9.68. The van der Waals surface area contributed by atoms with Crippen LogP contribution in [0.3, 0.4) is 0 Å². The number of rotatable bonds is 7. The molecule has 9 heteroatoms. The highest BCUT2D eigenvalue weighted by molar-refractivity contribution is 7.89. The molecule has 3 aromatic rings. The molecule has 2 heterocycles. The van der Waals surface area contributed by atoms with Crippen molar-refractivity contribution in [3.05, 3.63) is 72.6 Å². The lowest BCUT2D eigenvalue weighted by molar-refractivity contribution is 0.0525. The number of piperidine rings is 1. The number of anilines is 1. The maximum atomic E-state index is 12.9. The number of benzene rings is 2. The minimum atomic E-state index is -3.67. The van der Waals surface area contributed by atoms with Gasteiger partial charge in [0.1, 0.15) is 0 Å². The molecule has 172 valence electrons. The molecule has 0 radical (unpaired) electrons. The molecule has 1 N–H and O–H groups in total. The predicted molar refractivity (Wildman–Crippen MR) is 127 cm³/mol. The molecule has 0 amide bonds. The molecule has 1 saturated heterocycles. The predicted octanol–water partition coefficient (Wildman–Crippen LogP) is 3.17. The van der Waals surface area contributed by atoms with Crippen LogP contribution >= 0.6 is 0 Å². The van der Waals surface area contributed by atoms with Crippen LogP contribution in [0.5, 0.6) is 0 Å². The largest absolute Gasteiger partial charge is 0.462 e. The highest BCUT2D eigenvalue weighted by Crippen LogP contribution is 2.25. The Bertz CT molecular complexity index is 1280. The molecule has 8 nitrogen and oxygen atoms in total. The highest BCUT2D eigenvalue weighted by atomic mass is 32.2. The molecule has 0 spiro atoms. The number of esters is 1. The SMILES string of the molecule is C=C1CCN(c2ncc(C(=O)OCC)cn2)C[C@H]1CNS(=O)(=O)c1ccc2ccccc2c1. The van der Waals surface area contributed by atoms with Gasteiger partial charge in [-0.3, -0.25) is 0 Å². The number of nitrogens with one attached hydrogen (secondary N) is 1. The fourth-order valence-corrected chi connectivity index (χ4v) is 4.91. The molecule has 1 fully saturated rings. The lowest BCUT2D eigenvalue weighted by Crippen LogP contribution is -2.42. The Morgan fingerprint density at radius 2 is 1.91 bits per heavy atom. The van der Waals surface area contributed by atoms with E-state index in [1.807, 2.05) is 35.2 Å². The number of carbonyl (C=O) groups excluding carboxylic acids is 1. The summed E-state index contributed by atoms with van der Waals surface area (Å²) in [5.74, 6) is -0.0719. The van der Waals surface area contributed by atoms with Gasteiger partial charge < -0.3 is 9.64 Å². The maximum absolute atomic E-state index is 12.9. The summed E-state index contributed by atoms with van der Waals surface area (Å²) in [6, 6.07) is 12.7. The maximum Gasteiger partial charge on any atom is 0.341 e. The zero-order valence-electron chi connectivity index (χ0n) is 18.4. The second-order valence-corrected chi connectivity index (χ2v) is 9.67. The Kier molecular flexibility index (Phi) is 6.71. The summed E-state index contributed by atoms with van der Waals surface area (Å²) in [4.78, 5) is 22.6. The minimum absolute atomic E-state index is 0.0951. The van der Waals surface area contributed by atoms with Crippen LogP contribution in [0.1, 0.15) is 23.7 Å². The number of ether oxygens (including phenoxy) is 1. The van der Waals surface area contributed by atoms with Gasteiger partial charge in [0.15, 0.2) is 0 Å². The molecule has 1 aliphatic heterocycles. The van der Waals surface area contributed by atoms with Crippen LogP contribution in [0, 0.1) is 5.92 Å². The molecule has 33 heavy (non-hydrogen) atoms. The summed E-state index contributed by atoms with van der Waals surface area (Å²) >= 11 is 0. The van der Waals surface area contributed by atoms with Crippen molar-refractivity contribution in [1.29, 1.82) is 0 Å². The topological polar surface area (TPSA) is 101 Å². The van der Waals surface area contributed by atoms with Gasteiger partial charge in [-0.15, -0.1) is 0 Å². The first kappa shape index (κ1) is 22.9. The fraction of sp³-hybridized carbons (Fsp3) is 0.292. The van der Waals surface area contributed by atoms with Crippen LogP contribution in [0.15, 0.2) is 71.9 Å². The van der Waals surface area contributed by atoms with Crippen molar-refractivity contribution in [2.24, 2.45) is 5.92 Å². The van der Waals surface area contributed by atoms with Crippen LogP contribution in [-0.4, -0.2) is 50.6 Å². The first-order chi connectivity index (χ1) is 15.9. The Hall–Kier alpha value is -3.30. The van der Waals surface area contributed by atoms with Crippen LogP contribution in [-0.2, 0) is 14.8 Å². The molecule has 1 aliphatic rings. The van der Waals surface area contributed by atoms with Crippen LogP contribution in [0.2, 0.25) is 0 Å². The summed E-state index contributed by atoms with van der Waals surface area (Å²) in [6.07, 6.45) is 3.59. The molecule has 0 bridgehead atoms. The molecule has 0 unspecified atom stereocenters. The number of sulfonamides is 1. The summed E-state index contributed by atoms with van der Waals surface area (Å²) in [6.45, 7) is 7.58. The number of hydrogen-bond acceptors (Lipinski definition) is 7. The van der Waals surface area contributed by atoms with E-state index >= 15 is 0 Å². The van der Waals surface area contributed by atoms with Gasteiger partial charge in [-0.2, -0.15) is 0 Å². The molecule has 2 aromatic carbocycles. The smallest absolute Gasteiger partial charge is 0.341 e. The summed E-state index contributed by atoms with van der Waals surface area (Å²) in [5, 5.41) is 1.86. The second-order valence-electron chi connectivity index (χ2n) is 7.90. The van der Waals surface area contributed by atoms with Crippen molar-refractivity contribution in [3.8, 4) is 0 Å². The number of nitrogens with zero attached hydrogens (tertiary/aromatic N) is 3. The molecule has 4 rings (SSSR count). The molecular weight excluding hydrogens is 440 g/mol. The van der Waals surface area contributed by atoms with E-state index in [0.717, 1.165) is 16.3 Å². The minimum Gasteiger partial charge on any atom is -0.462 e. The van der Waals surface area contributed by atoms with Crippen molar-refractivity contribution in [3.63, 3.8) is 0 Å². The number of carbonyl (C=O) groups is 1. The highest BCUT2D eigenvalue weighted by Gasteiger charge is 2.26. The van der Waals surface area contributed by atoms with E-state index in [1.165, 1.54) is 12.4 Å². The molecular formula is C24H26N4O4S. The lowest BCUT2D eigenvalue weighted by atomic mass is 9.93. The zero-order chi connectivity index (χ0) is 23.4. The quantitative estimate of drug-likeness (QED) is 0.422. The van der Waals surface area contributed by atoms with Crippen LogP contribution in [0.25, 0.3) is 10.8 Å². The van der Waals surface area contributed by atoms with Gasteiger partial charge in [-0.25, -0.2) is 27.9 Å². The van der Waals surface area contributed by atoms with E-state index in [9.17, 15) is 13.2 Å². The average molecular weight is 467 g/mol. The molecule has 0 saturated carbocycles. The van der Waals surface area contributed by atoms with E-state index in [4.69, 9.17) is 4.74 Å². The van der Waals surface area contributed by atoms with Crippen molar-refractivity contribution in [2.45, 2.75) is 18.2 Å². The van der Waals surface area contributed by atoms with Crippen LogP contribution in [0.4, 0.5) is 5.95 Å². The first-order valence-electron chi connectivity index (χ1n) is 10.8. The standard InChI is InChI=1S/C24H26N4O4S/c1-3-32-23(29)20-13-25-24(26-14-20)28-11-10-17(2)21(16-28)15-27-33(30,31)22-9-8-18-6-4-5-7-19(18)12-22/h4-9,12-14,21,27H,2-3,10-11,15-16H2,1H3/t21-/m1/s1. The normalized spacial score (nSPS) is 16.7. The number of fused-ring (bicyclic) bond motifs is 1. The van der Waals surface area contributed by atoms with Crippen molar-refractivity contribution in [2.75, 3.05) is 31.1 Å². The monoisotopic (exact) mass is 466 g/mol. The first-order valence-corrected chi connectivity index (χ1v) is 12.3. The van der Waals surface area contributed by atoms with Gasteiger partial charge >= 0.3 is 5.97 Å². The Labute approximate surface area is 193 Å². The summed E-state index contributed by atoms with van der Waals surface area (Å²) in [5.41, 5.74) is 1.28. The van der Waals surface area contributed by atoms with Gasteiger partial charge in [0, 0.05) is 37.9 Å². The third-order valence-corrected chi connectivity index (χ3v) is 7.13. The van der Waals surface area contributed by atoms with Crippen molar-refractivity contribution >= 4 is 32.7 Å². The summed E-state index contributed by atoms with van der Waals surface area (Å²) in [7, 11) is -3.67. The third-order valence-electron chi connectivity index (χ3n) is 5.70. The Morgan fingerprint density at radius 1 is 1.18 bits per heavy atom. The average Bonchev–Trinajstić information content (AvgIpc) is 2.83. The van der Waals surface area contributed by atoms with E-state index in [0.29, 0.717) is 31.0 Å². The van der Waals surface area contributed by atoms with Gasteiger partial charge in [0.25, 0.3) is 0 Å². The van der Waals surface area contributed by atoms with E-state index < -0.39 is 16.0 Å². The fourth-order valence-electron chi connectivity index (χ4n) is 3.79. The third kappa shape index (κ3) is 5.20. The zero-order valence-corrected chi connectivity index (χ0v) is 19.2. The lowest BCUT2D eigenvalue weighted by Gasteiger charge is -2.34. The van der Waals surface area contributed by atoms with E-state index in [1.54, 1.807) is 19.1 Å². The Morgan fingerprint density at radius 3 is 2.64 bits per heavy atom. The van der Waals surface area contributed by atoms with Crippen LogP contribution < -0.4 is 9.62 Å². The molecule has 1 aromatic heterocycles. The van der Waals surface area contributed by atoms with Gasteiger partial charge in [0.2, 0.25) is 16.0 Å². The van der Waals surface area contributed by atoms with Crippen molar-refractivity contribution in [1.82, 2.24) is 14.7 Å². The Balaban J connectivity index is 1.43.